The van der Waals surface area contributed by atoms with Crippen molar-refractivity contribution in [3.05, 3.63) is 58.1 Å². The van der Waals surface area contributed by atoms with Gasteiger partial charge in [-0.3, -0.25) is 0 Å². The molecule has 6 heteroatoms. The average Bonchev–Trinajstić information content (AvgIpc) is 2.54. The van der Waals surface area contributed by atoms with E-state index >= 15 is 0 Å². The van der Waals surface area contributed by atoms with Crippen molar-refractivity contribution in [2.45, 2.75) is 0 Å². The van der Waals surface area contributed by atoms with Gasteiger partial charge in [0.05, 0.1) is 33.9 Å². The first-order valence-electron chi connectivity index (χ1n) is 6.67. The fourth-order valence-corrected chi connectivity index (χ4v) is 2.84. The molecule has 23 heavy (non-hydrogen) atoms. The van der Waals surface area contributed by atoms with Gasteiger partial charge in [-0.15, -0.1) is 0 Å². The van der Waals surface area contributed by atoms with E-state index in [0.29, 0.717) is 38.0 Å². The van der Waals surface area contributed by atoms with Gasteiger partial charge in [0, 0.05) is 10.9 Å². The second-order valence-corrected chi connectivity index (χ2v) is 5.66. The summed E-state index contributed by atoms with van der Waals surface area (Å²) < 4.78 is 5.12. The first kappa shape index (κ1) is 15.6. The Morgan fingerprint density at radius 2 is 1.91 bits per heavy atom. The third-order valence-electron chi connectivity index (χ3n) is 3.47. The maximum Gasteiger partial charge on any atom is 0.336 e. The Morgan fingerprint density at radius 1 is 1.13 bits per heavy atom. The lowest BCUT2D eigenvalue weighted by molar-refractivity contribution is 0.0699. The van der Waals surface area contributed by atoms with E-state index in [1.807, 2.05) is 0 Å². The molecule has 0 unspecified atom stereocenters. The third-order valence-corrected chi connectivity index (χ3v) is 4.07. The topological polar surface area (TPSA) is 59.4 Å². The number of halogens is 2. The van der Waals surface area contributed by atoms with Crippen LogP contribution in [0.3, 0.4) is 0 Å². The number of hydrogen-bond donors (Lipinski definition) is 1. The van der Waals surface area contributed by atoms with Crippen LogP contribution in [0.25, 0.3) is 22.2 Å². The Hall–Kier alpha value is -2.30. The molecule has 0 bridgehead atoms. The van der Waals surface area contributed by atoms with Crippen molar-refractivity contribution in [1.82, 2.24) is 4.98 Å². The number of carboxylic acids is 1. The zero-order valence-electron chi connectivity index (χ0n) is 12.0. The van der Waals surface area contributed by atoms with Crippen LogP contribution in [0.1, 0.15) is 10.4 Å². The van der Waals surface area contributed by atoms with Crippen molar-refractivity contribution in [3.8, 4) is 17.0 Å². The molecule has 0 aliphatic heterocycles. The lowest BCUT2D eigenvalue weighted by Gasteiger charge is -2.10. The van der Waals surface area contributed by atoms with Crippen LogP contribution in [0.4, 0.5) is 0 Å². The van der Waals surface area contributed by atoms with Crippen molar-refractivity contribution in [1.29, 1.82) is 0 Å². The summed E-state index contributed by atoms with van der Waals surface area (Å²) in [5.41, 5.74) is 1.74. The molecule has 0 atom stereocenters. The number of ether oxygens (including phenoxy) is 1. The van der Waals surface area contributed by atoms with E-state index in [4.69, 9.17) is 27.9 Å². The second kappa shape index (κ2) is 6.07. The smallest absolute Gasteiger partial charge is 0.336 e. The summed E-state index contributed by atoms with van der Waals surface area (Å²) >= 11 is 12.3. The fraction of sp³-hybridized carbons (Fsp3) is 0.0588. The molecule has 0 spiro atoms. The monoisotopic (exact) mass is 347 g/mol. The van der Waals surface area contributed by atoms with Crippen LogP contribution < -0.4 is 4.74 Å². The van der Waals surface area contributed by atoms with Crippen LogP contribution in [0.2, 0.25) is 10.0 Å². The fourth-order valence-electron chi connectivity index (χ4n) is 2.36. The zero-order valence-corrected chi connectivity index (χ0v) is 13.5. The Kier molecular flexibility index (Phi) is 4.11. The molecule has 3 rings (SSSR count). The number of pyridine rings is 1. The number of aromatic carboxylic acids is 1. The van der Waals surface area contributed by atoms with Gasteiger partial charge in [-0.25, -0.2) is 9.78 Å². The van der Waals surface area contributed by atoms with Gasteiger partial charge < -0.3 is 9.84 Å². The SMILES string of the molecule is COc1ccc(-c2cc(C(=O)O)c3cccc(Cl)c3n2)cc1Cl. The molecule has 3 aromatic rings. The van der Waals surface area contributed by atoms with Crippen molar-refractivity contribution in [2.75, 3.05) is 7.11 Å². The van der Waals surface area contributed by atoms with E-state index in [9.17, 15) is 9.90 Å². The van der Waals surface area contributed by atoms with Crippen LogP contribution in [0.5, 0.6) is 5.75 Å². The van der Waals surface area contributed by atoms with Crippen molar-refractivity contribution in [3.63, 3.8) is 0 Å². The van der Waals surface area contributed by atoms with Crippen LogP contribution in [0, 0.1) is 0 Å². The van der Waals surface area contributed by atoms with Gasteiger partial charge in [-0.05, 0) is 30.3 Å². The van der Waals surface area contributed by atoms with E-state index in [2.05, 4.69) is 4.98 Å². The highest BCUT2D eigenvalue weighted by atomic mass is 35.5. The van der Waals surface area contributed by atoms with Gasteiger partial charge in [-0.2, -0.15) is 0 Å². The summed E-state index contributed by atoms with van der Waals surface area (Å²) in [6.07, 6.45) is 0. The van der Waals surface area contributed by atoms with Crippen LogP contribution in [-0.2, 0) is 0 Å². The molecule has 0 saturated heterocycles. The lowest BCUT2D eigenvalue weighted by atomic mass is 10.0. The highest BCUT2D eigenvalue weighted by Crippen LogP contribution is 2.32. The third kappa shape index (κ3) is 2.83. The number of hydrogen-bond acceptors (Lipinski definition) is 3. The predicted molar refractivity (Wildman–Crippen MR) is 90.7 cm³/mol. The van der Waals surface area contributed by atoms with E-state index in [1.165, 1.54) is 13.2 Å². The molecule has 0 amide bonds. The molecule has 0 aliphatic rings. The Labute approximate surface area is 142 Å². The highest BCUT2D eigenvalue weighted by Gasteiger charge is 2.15. The van der Waals surface area contributed by atoms with E-state index < -0.39 is 5.97 Å². The van der Waals surface area contributed by atoms with Gasteiger partial charge >= 0.3 is 5.97 Å². The van der Waals surface area contributed by atoms with E-state index in [-0.39, 0.29) is 5.56 Å². The molecule has 1 aromatic heterocycles. The lowest BCUT2D eigenvalue weighted by Crippen LogP contribution is -2.00. The second-order valence-electron chi connectivity index (χ2n) is 4.85. The molecule has 116 valence electrons. The molecular formula is C17H11Cl2NO3. The normalized spacial score (nSPS) is 10.7. The summed E-state index contributed by atoms with van der Waals surface area (Å²) in [6.45, 7) is 0. The van der Waals surface area contributed by atoms with E-state index in [1.54, 1.807) is 36.4 Å². The van der Waals surface area contributed by atoms with Gasteiger partial charge in [0.1, 0.15) is 5.75 Å². The maximum atomic E-state index is 11.6. The summed E-state index contributed by atoms with van der Waals surface area (Å²) in [5, 5.41) is 10.8. The summed E-state index contributed by atoms with van der Waals surface area (Å²) in [6, 6.07) is 11.7. The van der Waals surface area contributed by atoms with Crippen LogP contribution in [0.15, 0.2) is 42.5 Å². The Morgan fingerprint density at radius 3 is 2.57 bits per heavy atom. The molecular weight excluding hydrogens is 337 g/mol. The Balaban J connectivity index is 2.28. The van der Waals surface area contributed by atoms with Crippen LogP contribution >= 0.6 is 23.2 Å². The van der Waals surface area contributed by atoms with Crippen molar-refractivity contribution in [2.24, 2.45) is 0 Å². The quantitative estimate of drug-likeness (QED) is 0.730. The number of rotatable bonds is 3. The number of nitrogens with zero attached hydrogens (tertiary/aromatic N) is 1. The zero-order chi connectivity index (χ0) is 16.6. The number of aromatic nitrogens is 1. The first-order chi connectivity index (χ1) is 11.0. The minimum absolute atomic E-state index is 0.138. The number of fused-ring (bicyclic) bond motifs is 1. The van der Waals surface area contributed by atoms with Gasteiger partial charge in [0.15, 0.2) is 0 Å². The molecule has 4 nitrogen and oxygen atoms in total. The van der Waals surface area contributed by atoms with Crippen molar-refractivity contribution >= 4 is 40.1 Å². The number of methoxy groups -OCH3 is 1. The summed E-state index contributed by atoms with van der Waals surface area (Å²) in [5.74, 6) is -0.506. The predicted octanol–water partition coefficient (Wildman–Crippen LogP) is 4.92. The number of benzene rings is 2. The minimum Gasteiger partial charge on any atom is -0.495 e. The number of carbonyl (C=O) groups is 1. The highest BCUT2D eigenvalue weighted by molar-refractivity contribution is 6.35. The molecule has 0 saturated carbocycles. The average molecular weight is 348 g/mol. The summed E-state index contributed by atoms with van der Waals surface area (Å²) in [7, 11) is 1.53. The van der Waals surface area contributed by atoms with Crippen LogP contribution in [-0.4, -0.2) is 23.2 Å². The largest absolute Gasteiger partial charge is 0.495 e. The molecule has 2 aromatic carbocycles. The molecule has 0 radical (unpaired) electrons. The van der Waals surface area contributed by atoms with E-state index in [0.717, 1.165) is 0 Å². The number of carboxylic acid groups (broad SMARTS) is 1. The number of para-hydroxylation sites is 1. The first-order valence-corrected chi connectivity index (χ1v) is 7.43. The molecule has 1 N–H and O–H groups in total. The summed E-state index contributed by atoms with van der Waals surface area (Å²) in [4.78, 5) is 16.1. The minimum atomic E-state index is -1.04. The molecule has 1 heterocycles. The van der Waals surface area contributed by atoms with Gasteiger partial charge in [-0.1, -0.05) is 35.3 Å². The standard InChI is InChI=1S/C17H11Cl2NO3/c1-23-15-6-5-9(7-13(15)19)14-8-11(17(21)22)10-3-2-4-12(18)16(10)20-14/h2-8H,1H3,(H,21,22). The van der Waals surface area contributed by atoms with Gasteiger partial charge in [0.2, 0.25) is 0 Å². The van der Waals surface area contributed by atoms with Crippen molar-refractivity contribution < 1.29 is 14.6 Å². The maximum absolute atomic E-state index is 11.6. The van der Waals surface area contributed by atoms with Gasteiger partial charge in [0.25, 0.3) is 0 Å². The molecule has 0 aliphatic carbocycles. The molecule has 0 fully saturated rings. The Bertz CT molecular complexity index is 925.